The molecule has 0 radical (unpaired) electrons. The van der Waals surface area contributed by atoms with Gasteiger partial charge in [0.05, 0.1) is 24.2 Å². The number of nitrogens with zero attached hydrogens (tertiary/aromatic N) is 3. The van der Waals surface area contributed by atoms with Crippen molar-refractivity contribution in [2.75, 3.05) is 46.0 Å². The number of nitrogens with one attached hydrogen (secondary N) is 1. The van der Waals surface area contributed by atoms with E-state index >= 15 is 0 Å². The number of ether oxygens (including phenoxy) is 2. The first-order chi connectivity index (χ1) is 15.7. The van der Waals surface area contributed by atoms with Gasteiger partial charge >= 0.3 is 0 Å². The summed E-state index contributed by atoms with van der Waals surface area (Å²) in [7, 11) is 0. The number of para-hydroxylation sites is 2. The minimum Gasteiger partial charge on any atom is -0.484 e. The molecule has 1 N–H and O–H groups in total. The zero-order valence-corrected chi connectivity index (χ0v) is 18.8. The number of carbonyl (C=O) groups excluding carboxylic acids is 1. The molecule has 2 aromatic carbocycles. The highest BCUT2D eigenvalue weighted by Crippen LogP contribution is 2.17. The summed E-state index contributed by atoms with van der Waals surface area (Å²) in [6.45, 7) is 8.02. The summed E-state index contributed by atoms with van der Waals surface area (Å²) in [6.07, 6.45) is 1.62. The third-order valence-corrected chi connectivity index (χ3v) is 5.82. The Hall–Kier alpha value is -2.90. The smallest absolute Gasteiger partial charge is 0.257 e. The fourth-order valence-corrected chi connectivity index (χ4v) is 4.00. The van der Waals surface area contributed by atoms with Crippen LogP contribution in [0.3, 0.4) is 0 Å². The van der Waals surface area contributed by atoms with Crippen LogP contribution in [-0.2, 0) is 28.9 Å². The Balaban J connectivity index is 1.31. The summed E-state index contributed by atoms with van der Waals surface area (Å²) >= 11 is 0. The van der Waals surface area contributed by atoms with E-state index in [4.69, 9.17) is 14.5 Å². The Morgan fingerprint density at radius 3 is 2.81 bits per heavy atom. The zero-order valence-electron chi connectivity index (χ0n) is 18.8. The van der Waals surface area contributed by atoms with E-state index in [9.17, 15) is 4.79 Å². The molecule has 7 nitrogen and oxygen atoms in total. The number of aromatic nitrogens is 2. The largest absolute Gasteiger partial charge is 0.484 e. The SMILES string of the molecule is CCc1cccc(OCC(=O)NCCc2nc3ccccc3n2CCN2CCOCC2)c1. The molecule has 3 aromatic rings. The van der Waals surface area contributed by atoms with E-state index < -0.39 is 0 Å². The van der Waals surface area contributed by atoms with Crippen LogP contribution < -0.4 is 10.1 Å². The van der Waals surface area contributed by atoms with Crippen molar-refractivity contribution in [3.63, 3.8) is 0 Å². The molecule has 0 atom stereocenters. The minimum atomic E-state index is -0.122. The van der Waals surface area contributed by atoms with Crippen molar-refractivity contribution in [1.29, 1.82) is 0 Å². The van der Waals surface area contributed by atoms with Crippen molar-refractivity contribution >= 4 is 16.9 Å². The Labute approximate surface area is 189 Å². The van der Waals surface area contributed by atoms with Gasteiger partial charge in [0.25, 0.3) is 5.91 Å². The van der Waals surface area contributed by atoms with Gasteiger partial charge in [-0.1, -0.05) is 31.2 Å². The summed E-state index contributed by atoms with van der Waals surface area (Å²) in [5.74, 6) is 1.60. The van der Waals surface area contributed by atoms with Gasteiger partial charge < -0.3 is 19.4 Å². The second-order valence-electron chi connectivity index (χ2n) is 8.01. The van der Waals surface area contributed by atoms with E-state index in [0.717, 1.165) is 68.4 Å². The predicted molar refractivity (Wildman–Crippen MR) is 125 cm³/mol. The molecule has 0 saturated carbocycles. The Bertz CT molecular complexity index is 1030. The number of hydrogen-bond acceptors (Lipinski definition) is 5. The predicted octanol–water partition coefficient (Wildman–Crippen LogP) is 2.67. The quantitative estimate of drug-likeness (QED) is 0.529. The van der Waals surface area contributed by atoms with Gasteiger partial charge in [0.2, 0.25) is 0 Å². The summed E-state index contributed by atoms with van der Waals surface area (Å²) < 4.78 is 13.4. The second-order valence-corrected chi connectivity index (χ2v) is 8.01. The van der Waals surface area contributed by atoms with Gasteiger partial charge in [-0.3, -0.25) is 9.69 Å². The molecular formula is C25H32N4O3. The molecule has 1 saturated heterocycles. The maximum absolute atomic E-state index is 12.3. The van der Waals surface area contributed by atoms with Crippen LogP contribution in [0.4, 0.5) is 0 Å². The lowest BCUT2D eigenvalue weighted by Gasteiger charge is -2.27. The van der Waals surface area contributed by atoms with E-state index in [-0.39, 0.29) is 12.5 Å². The number of hydrogen-bond donors (Lipinski definition) is 1. The van der Waals surface area contributed by atoms with E-state index in [0.29, 0.717) is 13.0 Å². The van der Waals surface area contributed by atoms with Gasteiger partial charge in [0.1, 0.15) is 11.6 Å². The van der Waals surface area contributed by atoms with Crippen molar-refractivity contribution in [3.8, 4) is 5.75 Å². The third kappa shape index (κ3) is 5.87. The summed E-state index contributed by atoms with van der Waals surface area (Å²) in [5, 5.41) is 2.96. The molecule has 1 amide bonds. The molecule has 2 heterocycles. The number of carbonyl (C=O) groups is 1. The molecule has 4 rings (SSSR count). The van der Waals surface area contributed by atoms with Gasteiger partial charge in [-0.25, -0.2) is 4.98 Å². The van der Waals surface area contributed by atoms with Crippen LogP contribution in [0.15, 0.2) is 48.5 Å². The minimum absolute atomic E-state index is 0.0145. The normalized spacial score (nSPS) is 14.5. The van der Waals surface area contributed by atoms with Crippen molar-refractivity contribution in [2.45, 2.75) is 26.3 Å². The average Bonchev–Trinajstić information content (AvgIpc) is 3.19. The Kier molecular flexibility index (Phi) is 7.74. The van der Waals surface area contributed by atoms with Gasteiger partial charge in [-0.2, -0.15) is 0 Å². The van der Waals surface area contributed by atoms with E-state index in [1.165, 1.54) is 5.56 Å². The van der Waals surface area contributed by atoms with E-state index in [1.54, 1.807) is 0 Å². The molecule has 1 aliphatic rings. The van der Waals surface area contributed by atoms with Gasteiger partial charge in [-0.05, 0) is 36.2 Å². The summed E-state index contributed by atoms with van der Waals surface area (Å²) in [5.41, 5.74) is 3.33. The maximum atomic E-state index is 12.3. The third-order valence-electron chi connectivity index (χ3n) is 5.82. The number of aryl methyl sites for hydroxylation is 1. The molecule has 170 valence electrons. The van der Waals surface area contributed by atoms with Crippen LogP contribution in [0, 0.1) is 0 Å². The zero-order chi connectivity index (χ0) is 22.2. The topological polar surface area (TPSA) is 68.6 Å². The molecule has 32 heavy (non-hydrogen) atoms. The van der Waals surface area contributed by atoms with Crippen molar-refractivity contribution in [3.05, 3.63) is 59.9 Å². The fraction of sp³-hybridized carbons (Fsp3) is 0.440. The van der Waals surface area contributed by atoms with Crippen LogP contribution in [-0.4, -0.2) is 66.4 Å². The number of amides is 1. The first kappa shape index (κ1) is 22.3. The number of benzene rings is 2. The van der Waals surface area contributed by atoms with Crippen LogP contribution in [0.2, 0.25) is 0 Å². The number of rotatable bonds is 10. The van der Waals surface area contributed by atoms with Crippen LogP contribution >= 0.6 is 0 Å². The molecule has 1 aliphatic heterocycles. The highest BCUT2D eigenvalue weighted by molar-refractivity contribution is 5.77. The number of fused-ring (bicyclic) bond motifs is 1. The maximum Gasteiger partial charge on any atom is 0.257 e. The molecule has 0 spiro atoms. The monoisotopic (exact) mass is 436 g/mol. The number of imidazole rings is 1. The van der Waals surface area contributed by atoms with E-state index in [1.807, 2.05) is 36.4 Å². The highest BCUT2D eigenvalue weighted by atomic mass is 16.5. The Morgan fingerprint density at radius 2 is 1.97 bits per heavy atom. The van der Waals surface area contributed by atoms with Crippen molar-refractivity contribution in [2.24, 2.45) is 0 Å². The molecule has 1 fully saturated rings. The van der Waals surface area contributed by atoms with E-state index in [2.05, 4.69) is 33.8 Å². The Morgan fingerprint density at radius 1 is 1.12 bits per heavy atom. The summed E-state index contributed by atoms with van der Waals surface area (Å²) in [6, 6.07) is 16.1. The molecule has 7 heteroatoms. The van der Waals surface area contributed by atoms with Crippen molar-refractivity contribution in [1.82, 2.24) is 19.8 Å². The lowest BCUT2D eigenvalue weighted by atomic mass is 10.2. The average molecular weight is 437 g/mol. The molecular weight excluding hydrogens is 404 g/mol. The first-order valence-electron chi connectivity index (χ1n) is 11.5. The van der Waals surface area contributed by atoms with Crippen LogP contribution in [0.25, 0.3) is 11.0 Å². The second kappa shape index (κ2) is 11.1. The molecule has 0 bridgehead atoms. The lowest BCUT2D eigenvalue weighted by Crippen LogP contribution is -2.38. The van der Waals surface area contributed by atoms with Gasteiger partial charge in [-0.15, -0.1) is 0 Å². The first-order valence-corrected chi connectivity index (χ1v) is 11.5. The molecule has 0 unspecified atom stereocenters. The van der Waals surface area contributed by atoms with Crippen LogP contribution in [0.5, 0.6) is 5.75 Å². The highest BCUT2D eigenvalue weighted by Gasteiger charge is 2.14. The molecule has 1 aromatic heterocycles. The van der Waals surface area contributed by atoms with Gasteiger partial charge in [0.15, 0.2) is 6.61 Å². The fourth-order valence-electron chi connectivity index (χ4n) is 4.00. The van der Waals surface area contributed by atoms with Gasteiger partial charge in [0, 0.05) is 39.1 Å². The lowest BCUT2D eigenvalue weighted by molar-refractivity contribution is -0.123. The number of morpholine rings is 1. The molecule has 0 aliphatic carbocycles. The summed E-state index contributed by atoms with van der Waals surface area (Å²) in [4.78, 5) is 19.5. The standard InChI is InChI=1S/C25H32N4O3/c1-2-20-6-5-7-21(18-20)32-19-25(30)26-11-10-24-27-22-8-3-4-9-23(22)29(24)13-12-28-14-16-31-17-15-28/h3-9,18H,2,10-17,19H2,1H3,(H,26,30). The van der Waals surface area contributed by atoms with Crippen molar-refractivity contribution < 1.29 is 14.3 Å². The van der Waals surface area contributed by atoms with Crippen LogP contribution in [0.1, 0.15) is 18.3 Å².